The Balaban J connectivity index is 1.58. The summed E-state index contributed by atoms with van der Waals surface area (Å²) in [6.07, 6.45) is 1.41. The van der Waals surface area contributed by atoms with Gasteiger partial charge in [0.15, 0.2) is 12.4 Å². The van der Waals surface area contributed by atoms with Gasteiger partial charge in [0.25, 0.3) is 5.91 Å². The minimum absolute atomic E-state index is 0.188. The van der Waals surface area contributed by atoms with E-state index in [1.165, 1.54) is 18.4 Å². The standard InChI is InChI=1S/C22H19NO5/c1-14-5-6-15(2)18(12-14)19(24)13-28-22(26)16-7-9-17(10-8-16)23-21(25)20-4-3-11-27-20/h3-12H,13H2,1-2H3,(H,23,25). The van der Waals surface area contributed by atoms with Crippen molar-refractivity contribution >= 4 is 23.3 Å². The zero-order valence-corrected chi connectivity index (χ0v) is 15.5. The molecular formula is C22H19NO5. The lowest BCUT2D eigenvalue weighted by Gasteiger charge is -2.08. The first kappa shape index (κ1) is 19.1. The molecule has 6 heteroatoms. The number of aryl methyl sites for hydroxylation is 2. The van der Waals surface area contributed by atoms with E-state index < -0.39 is 5.97 Å². The van der Waals surface area contributed by atoms with Crippen LogP contribution in [0.5, 0.6) is 0 Å². The molecule has 6 nitrogen and oxygen atoms in total. The van der Waals surface area contributed by atoms with Crippen LogP contribution >= 0.6 is 0 Å². The van der Waals surface area contributed by atoms with E-state index in [1.54, 1.807) is 30.3 Å². The van der Waals surface area contributed by atoms with Crippen molar-refractivity contribution in [3.8, 4) is 0 Å². The summed E-state index contributed by atoms with van der Waals surface area (Å²) in [7, 11) is 0. The summed E-state index contributed by atoms with van der Waals surface area (Å²) >= 11 is 0. The topological polar surface area (TPSA) is 85.6 Å². The molecule has 0 aliphatic carbocycles. The number of amides is 1. The van der Waals surface area contributed by atoms with E-state index in [2.05, 4.69) is 5.32 Å². The van der Waals surface area contributed by atoms with E-state index in [9.17, 15) is 14.4 Å². The zero-order valence-electron chi connectivity index (χ0n) is 15.5. The molecule has 1 amide bonds. The van der Waals surface area contributed by atoms with Crippen LogP contribution in [0.15, 0.2) is 65.3 Å². The summed E-state index contributed by atoms with van der Waals surface area (Å²) in [5.41, 5.74) is 3.13. The van der Waals surface area contributed by atoms with Crippen molar-refractivity contribution < 1.29 is 23.5 Å². The summed E-state index contributed by atoms with van der Waals surface area (Å²) in [5.74, 6) is -1.06. The molecule has 2 aromatic carbocycles. The molecule has 0 saturated carbocycles. The number of ketones is 1. The molecule has 0 aliphatic rings. The average Bonchev–Trinajstić information content (AvgIpc) is 3.23. The molecule has 142 valence electrons. The molecule has 3 rings (SSSR count). The van der Waals surface area contributed by atoms with Gasteiger partial charge in [0.2, 0.25) is 5.78 Å². The molecule has 0 saturated heterocycles. The highest BCUT2D eigenvalue weighted by Crippen LogP contribution is 2.14. The number of hydrogen-bond donors (Lipinski definition) is 1. The summed E-state index contributed by atoms with van der Waals surface area (Å²) < 4.78 is 10.1. The second-order valence-electron chi connectivity index (χ2n) is 6.33. The Morgan fingerprint density at radius 3 is 2.43 bits per heavy atom. The van der Waals surface area contributed by atoms with Gasteiger partial charge in [0, 0.05) is 11.3 Å². The van der Waals surface area contributed by atoms with Gasteiger partial charge in [-0.15, -0.1) is 0 Å². The number of esters is 1. The Kier molecular flexibility index (Phi) is 5.69. The molecule has 0 aliphatic heterocycles. The van der Waals surface area contributed by atoms with Crippen LogP contribution < -0.4 is 5.32 Å². The molecule has 0 fully saturated rings. The lowest BCUT2D eigenvalue weighted by Crippen LogP contribution is -2.15. The molecule has 0 bridgehead atoms. The lowest BCUT2D eigenvalue weighted by atomic mass is 10.0. The highest BCUT2D eigenvalue weighted by Gasteiger charge is 2.14. The number of furan rings is 1. The van der Waals surface area contributed by atoms with Crippen molar-refractivity contribution in [1.82, 2.24) is 0 Å². The first-order valence-corrected chi connectivity index (χ1v) is 8.66. The van der Waals surface area contributed by atoms with Crippen molar-refractivity contribution in [1.29, 1.82) is 0 Å². The summed E-state index contributed by atoms with van der Waals surface area (Å²) in [6.45, 7) is 3.40. The number of rotatable bonds is 6. The second kappa shape index (κ2) is 8.35. The minimum Gasteiger partial charge on any atom is -0.459 e. The maximum Gasteiger partial charge on any atom is 0.338 e. The van der Waals surface area contributed by atoms with Gasteiger partial charge in [-0.1, -0.05) is 17.7 Å². The van der Waals surface area contributed by atoms with Crippen LogP contribution in [-0.4, -0.2) is 24.3 Å². The number of carbonyl (C=O) groups is 3. The highest BCUT2D eigenvalue weighted by atomic mass is 16.5. The first-order chi connectivity index (χ1) is 13.4. The fraction of sp³-hybridized carbons (Fsp3) is 0.136. The number of benzene rings is 2. The van der Waals surface area contributed by atoms with E-state index in [1.807, 2.05) is 26.0 Å². The van der Waals surface area contributed by atoms with Crippen LogP contribution in [0.2, 0.25) is 0 Å². The third-order valence-corrected chi connectivity index (χ3v) is 4.15. The van der Waals surface area contributed by atoms with Crippen molar-refractivity contribution in [2.75, 3.05) is 11.9 Å². The summed E-state index contributed by atoms with van der Waals surface area (Å²) in [5, 5.41) is 2.65. The van der Waals surface area contributed by atoms with Crippen LogP contribution in [0, 0.1) is 13.8 Å². The van der Waals surface area contributed by atoms with E-state index in [0.717, 1.165) is 11.1 Å². The van der Waals surface area contributed by atoms with Crippen molar-refractivity contribution in [2.24, 2.45) is 0 Å². The van der Waals surface area contributed by atoms with Gasteiger partial charge in [-0.2, -0.15) is 0 Å². The van der Waals surface area contributed by atoms with Gasteiger partial charge in [-0.3, -0.25) is 9.59 Å². The van der Waals surface area contributed by atoms with Crippen molar-refractivity contribution in [2.45, 2.75) is 13.8 Å². The van der Waals surface area contributed by atoms with Crippen LogP contribution in [0.3, 0.4) is 0 Å². The molecule has 0 radical (unpaired) electrons. The highest BCUT2D eigenvalue weighted by molar-refractivity contribution is 6.03. The quantitative estimate of drug-likeness (QED) is 0.514. The fourth-order valence-corrected chi connectivity index (χ4v) is 2.62. The van der Waals surface area contributed by atoms with E-state index in [4.69, 9.17) is 9.15 Å². The van der Waals surface area contributed by atoms with Gasteiger partial charge in [0.05, 0.1) is 11.8 Å². The summed E-state index contributed by atoms with van der Waals surface area (Å²) in [4.78, 5) is 36.4. The Hall–Kier alpha value is -3.67. The number of Topliss-reactive ketones (excluding diaryl/α,β-unsaturated/α-hetero) is 1. The van der Waals surface area contributed by atoms with Crippen LogP contribution in [0.25, 0.3) is 0 Å². The molecule has 1 aromatic heterocycles. The van der Waals surface area contributed by atoms with Gasteiger partial charge in [-0.05, 0) is 61.9 Å². The molecule has 0 unspecified atom stereocenters. The third-order valence-electron chi connectivity index (χ3n) is 4.15. The molecule has 0 spiro atoms. The van der Waals surface area contributed by atoms with Crippen LogP contribution in [-0.2, 0) is 4.74 Å². The lowest BCUT2D eigenvalue weighted by molar-refractivity contribution is 0.0474. The predicted molar refractivity (Wildman–Crippen MR) is 104 cm³/mol. The number of anilines is 1. The molecule has 3 aromatic rings. The maximum absolute atomic E-state index is 12.3. The van der Waals surface area contributed by atoms with Gasteiger partial charge in [-0.25, -0.2) is 4.79 Å². The van der Waals surface area contributed by atoms with Gasteiger partial charge in [0.1, 0.15) is 0 Å². The van der Waals surface area contributed by atoms with Crippen molar-refractivity contribution in [3.05, 3.63) is 88.9 Å². The van der Waals surface area contributed by atoms with Gasteiger partial charge < -0.3 is 14.5 Å². The van der Waals surface area contributed by atoms with Crippen LogP contribution in [0.4, 0.5) is 5.69 Å². The molecule has 1 N–H and O–H groups in total. The van der Waals surface area contributed by atoms with E-state index in [-0.39, 0.29) is 29.6 Å². The number of hydrogen-bond acceptors (Lipinski definition) is 5. The normalized spacial score (nSPS) is 10.4. The Labute approximate surface area is 162 Å². The Morgan fingerprint density at radius 2 is 1.75 bits per heavy atom. The zero-order chi connectivity index (χ0) is 20.1. The van der Waals surface area contributed by atoms with Gasteiger partial charge >= 0.3 is 5.97 Å². The minimum atomic E-state index is -0.609. The third kappa shape index (κ3) is 4.54. The Morgan fingerprint density at radius 1 is 1.00 bits per heavy atom. The molecule has 0 atom stereocenters. The average molecular weight is 377 g/mol. The predicted octanol–water partition coefficient (Wildman–Crippen LogP) is 4.19. The smallest absolute Gasteiger partial charge is 0.338 e. The SMILES string of the molecule is Cc1ccc(C)c(C(=O)COC(=O)c2ccc(NC(=O)c3ccco3)cc2)c1. The monoisotopic (exact) mass is 377 g/mol. The molecule has 28 heavy (non-hydrogen) atoms. The number of ether oxygens (including phenoxy) is 1. The second-order valence-corrected chi connectivity index (χ2v) is 6.33. The fourth-order valence-electron chi connectivity index (χ4n) is 2.62. The summed E-state index contributed by atoms with van der Waals surface area (Å²) in [6, 6.07) is 14.9. The Bertz CT molecular complexity index is 1000. The largest absolute Gasteiger partial charge is 0.459 e. The molecular weight excluding hydrogens is 358 g/mol. The number of nitrogens with one attached hydrogen (secondary N) is 1. The first-order valence-electron chi connectivity index (χ1n) is 8.66. The maximum atomic E-state index is 12.3. The van der Waals surface area contributed by atoms with Crippen LogP contribution in [0.1, 0.15) is 42.4 Å². The van der Waals surface area contributed by atoms with E-state index in [0.29, 0.717) is 11.3 Å². The number of carbonyl (C=O) groups excluding carboxylic acids is 3. The van der Waals surface area contributed by atoms with E-state index >= 15 is 0 Å². The molecule has 1 heterocycles. The van der Waals surface area contributed by atoms with Crippen molar-refractivity contribution in [3.63, 3.8) is 0 Å².